The number of aromatic nitrogens is 2. The third-order valence-electron chi connectivity index (χ3n) is 4.81. The molecule has 0 bridgehead atoms. The van der Waals surface area contributed by atoms with Crippen LogP contribution in [0.2, 0.25) is 0 Å². The summed E-state index contributed by atoms with van der Waals surface area (Å²) in [6, 6.07) is 7.02. The Morgan fingerprint density at radius 2 is 2.07 bits per heavy atom. The van der Waals surface area contributed by atoms with Crippen LogP contribution in [0.4, 0.5) is 4.39 Å². The van der Waals surface area contributed by atoms with E-state index in [4.69, 9.17) is 9.52 Å². The normalized spacial score (nSPS) is 15.8. The van der Waals surface area contributed by atoms with Gasteiger partial charge in [0, 0.05) is 30.8 Å². The molecule has 7 heteroatoms. The van der Waals surface area contributed by atoms with Crippen LogP contribution in [-0.4, -0.2) is 35.7 Å². The summed E-state index contributed by atoms with van der Waals surface area (Å²) in [5.74, 6) is 2.19. The molecule has 1 aromatic heterocycles. The Kier molecular flexibility index (Phi) is 6.08. The fourth-order valence-electron chi connectivity index (χ4n) is 3.02. The van der Waals surface area contributed by atoms with Gasteiger partial charge in [-0.05, 0) is 31.4 Å². The van der Waals surface area contributed by atoms with Gasteiger partial charge in [-0.3, -0.25) is 4.99 Å². The van der Waals surface area contributed by atoms with Crippen LogP contribution < -0.4 is 10.6 Å². The van der Waals surface area contributed by atoms with E-state index < -0.39 is 0 Å². The molecular formula is C20H28FN5O. The minimum Gasteiger partial charge on any atom is -0.357 e. The Labute approximate surface area is 159 Å². The molecule has 0 radical (unpaired) electrons. The van der Waals surface area contributed by atoms with Gasteiger partial charge in [-0.2, -0.15) is 4.98 Å². The van der Waals surface area contributed by atoms with Crippen LogP contribution >= 0.6 is 0 Å². The van der Waals surface area contributed by atoms with E-state index >= 15 is 0 Å². The molecule has 1 saturated carbocycles. The number of guanidine groups is 1. The molecule has 2 N–H and O–H groups in total. The smallest absolute Gasteiger partial charge is 0.228 e. The van der Waals surface area contributed by atoms with E-state index in [0.717, 1.165) is 36.7 Å². The van der Waals surface area contributed by atoms with Crippen molar-refractivity contribution >= 4 is 5.96 Å². The first-order valence-electron chi connectivity index (χ1n) is 9.64. The van der Waals surface area contributed by atoms with E-state index in [1.807, 2.05) is 32.9 Å². The molecule has 27 heavy (non-hydrogen) atoms. The van der Waals surface area contributed by atoms with Crippen molar-refractivity contribution in [1.82, 2.24) is 20.8 Å². The number of nitrogens with one attached hydrogen (secondary N) is 2. The first-order valence-corrected chi connectivity index (χ1v) is 9.64. The highest BCUT2D eigenvalue weighted by Gasteiger charge is 2.45. The second-order valence-corrected chi connectivity index (χ2v) is 7.33. The van der Waals surface area contributed by atoms with Crippen molar-refractivity contribution in [3.63, 3.8) is 0 Å². The summed E-state index contributed by atoms with van der Waals surface area (Å²) in [5, 5.41) is 10.5. The molecule has 1 aromatic carbocycles. The summed E-state index contributed by atoms with van der Waals surface area (Å²) in [6.07, 6.45) is 2.57. The lowest BCUT2D eigenvalue weighted by atomic mass is 9.95. The summed E-state index contributed by atoms with van der Waals surface area (Å²) < 4.78 is 19.4. The molecule has 0 spiro atoms. The molecule has 0 saturated heterocycles. The maximum atomic E-state index is 14.1. The molecule has 0 aliphatic heterocycles. The van der Waals surface area contributed by atoms with Crippen LogP contribution in [0.15, 0.2) is 33.8 Å². The van der Waals surface area contributed by atoms with E-state index in [0.29, 0.717) is 25.4 Å². The van der Waals surface area contributed by atoms with Gasteiger partial charge in [-0.1, -0.05) is 37.2 Å². The lowest BCUT2D eigenvalue weighted by Crippen LogP contribution is -2.39. The van der Waals surface area contributed by atoms with Gasteiger partial charge in [-0.15, -0.1) is 0 Å². The number of hydrogen-bond donors (Lipinski definition) is 2. The zero-order valence-electron chi connectivity index (χ0n) is 16.3. The monoisotopic (exact) mass is 373 g/mol. The number of benzene rings is 1. The fourth-order valence-corrected chi connectivity index (χ4v) is 3.02. The van der Waals surface area contributed by atoms with E-state index in [-0.39, 0.29) is 17.2 Å². The van der Waals surface area contributed by atoms with Gasteiger partial charge in [0.1, 0.15) is 5.82 Å². The summed E-state index contributed by atoms with van der Waals surface area (Å²) in [4.78, 5) is 9.07. The topological polar surface area (TPSA) is 75.3 Å². The van der Waals surface area contributed by atoms with E-state index in [2.05, 4.69) is 20.8 Å². The molecule has 146 valence electrons. The van der Waals surface area contributed by atoms with Gasteiger partial charge < -0.3 is 15.2 Å². The molecular weight excluding hydrogens is 345 g/mol. The Hall–Kier alpha value is -2.44. The fraction of sp³-hybridized carbons (Fsp3) is 0.550. The minimum absolute atomic E-state index is 0.138. The average molecular weight is 373 g/mol. The Morgan fingerprint density at radius 3 is 2.70 bits per heavy atom. The Bertz CT molecular complexity index is 782. The number of aliphatic imine (C=N–C) groups is 1. The Balaban J connectivity index is 1.57. The molecule has 3 rings (SSSR count). The standard InChI is InChI=1S/C20H28FN5O/c1-4-22-19(23-12-9-17-25-18(14(2)3)26-27-17)24-13-20(10-11-20)15-7-5-6-8-16(15)21/h5-8,14H,4,9-13H2,1-3H3,(H2,22,23,24). The average Bonchev–Trinajstić information content (AvgIpc) is 3.28. The first kappa shape index (κ1) is 19.3. The molecule has 1 aliphatic rings. The first-order chi connectivity index (χ1) is 13.0. The highest BCUT2D eigenvalue weighted by molar-refractivity contribution is 5.79. The van der Waals surface area contributed by atoms with Crippen molar-refractivity contribution in [2.24, 2.45) is 4.99 Å². The van der Waals surface area contributed by atoms with Crippen molar-refractivity contribution < 1.29 is 8.91 Å². The van der Waals surface area contributed by atoms with Gasteiger partial charge >= 0.3 is 0 Å². The summed E-state index contributed by atoms with van der Waals surface area (Å²) >= 11 is 0. The van der Waals surface area contributed by atoms with E-state index in [9.17, 15) is 4.39 Å². The zero-order valence-corrected chi connectivity index (χ0v) is 16.3. The number of rotatable bonds is 8. The molecule has 1 aliphatic carbocycles. The predicted octanol–water partition coefficient (Wildman–Crippen LogP) is 3.16. The lowest BCUT2D eigenvalue weighted by molar-refractivity contribution is 0.371. The third kappa shape index (κ3) is 4.84. The second kappa shape index (κ2) is 8.50. The molecule has 0 atom stereocenters. The molecule has 0 unspecified atom stereocenters. The van der Waals surface area contributed by atoms with Crippen molar-refractivity contribution in [2.75, 3.05) is 19.6 Å². The van der Waals surface area contributed by atoms with Gasteiger partial charge in [0.05, 0.1) is 6.54 Å². The maximum absolute atomic E-state index is 14.1. The summed E-state index contributed by atoms with van der Waals surface area (Å²) in [7, 11) is 0. The number of hydrogen-bond acceptors (Lipinski definition) is 4. The highest BCUT2D eigenvalue weighted by atomic mass is 19.1. The quantitative estimate of drug-likeness (QED) is 0.549. The molecule has 2 aromatic rings. The van der Waals surface area contributed by atoms with Crippen LogP contribution in [0.3, 0.4) is 0 Å². The van der Waals surface area contributed by atoms with Crippen LogP contribution in [0.25, 0.3) is 0 Å². The van der Waals surface area contributed by atoms with Crippen LogP contribution in [0.5, 0.6) is 0 Å². The highest BCUT2D eigenvalue weighted by Crippen LogP contribution is 2.49. The zero-order chi connectivity index (χ0) is 19.3. The van der Waals surface area contributed by atoms with Crippen molar-refractivity contribution in [3.8, 4) is 0 Å². The predicted molar refractivity (Wildman–Crippen MR) is 103 cm³/mol. The van der Waals surface area contributed by atoms with Crippen molar-refractivity contribution in [3.05, 3.63) is 47.4 Å². The summed E-state index contributed by atoms with van der Waals surface area (Å²) in [6.45, 7) is 8.06. The van der Waals surface area contributed by atoms with Gasteiger partial charge in [-0.25, -0.2) is 4.39 Å². The SMILES string of the molecule is CCNC(=NCC1(c2ccccc2F)CC1)NCCc1nc(C(C)C)no1. The molecule has 0 amide bonds. The van der Waals surface area contributed by atoms with Crippen molar-refractivity contribution in [1.29, 1.82) is 0 Å². The van der Waals surface area contributed by atoms with Crippen LogP contribution in [-0.2, 0) is 11.8 Å². The minimum atomic E-state index is -0.160. The van der Waals surface area contributed by atoms with Crippen LogP contribution in [0.1, 0.15) is 56.8 Å². The maximum Gasteiger partial charge on any atom is 0.228 e. The van der Waals surface area contributed by atoms with Crippen molar-refractivity contribution in [2.45, 2.75) is 51.4 Å². The number of nitrogens with zero attached hydrogens (tertiary/aromatic N) is 3. The van der Waals surface area contributed by atoms with E-state index in [1.54, 1.807) is 6.07 Å². The van der Waals surface area contributed by atoms with Gasteiger partial charge in [0.2, 0.25) is 5.89 Å². The van der Waals surface area contributed by atoms with Gasteiger partial charge in [0.25, 0.3) is 0 Å². The third-order valence-corrected chi connectivity index (χ3v) is 4.81. The molecule has 1 fully saturated rings. The van der Waals surface area contributed by atoms with E-state index in [1.165, 1.54) is 6.07 Å². The summed E-state index contributed by atoms with van der Waals surface area (Å²) in [5.41, 5.74) is 0.614. The van der Waals surface area contributed by atoms with Gasteiger partial charge in [0.15, 0.2) is 11.8 Å². The number of halogens is 1. The Morgan fingerprint density at radius 1 is 1.30 bits per heavy atom. The largest absolute Gasteiger partial charge is 0.357 e. The van der Waals surface area contributed by atoms with Crippen LogP contribution in [0, 0.1) is 5.82 Å². The lowest BCUT2D eigenvalue weighted by Gasteiger charge is -2.16. The molecule has 6 nitrogen and oxygen atoms in total. The molecule has 1 heterocycles. The second-order valence-electron chi connectivity index (χ2n) is 7.33.